The van der Waals surface area contributed by atoms with Crippen LogP contribution in [0.15, 0.2) is 24.3 Å². The van der Waals surface area contributed by atoms with Crippen LogP contribution in [0.25, 0.3) is 0 Å². The van der Waals surface area contributed by atoms with Crippen molar-refractivity contribution in [2.45, 2.75) is 31.7 Å². The SMILES string of the molecule is O=C(O)CC1CCCCN1C(=O)c1cccc([N+](=O)[O-])c1. The van der Waals surface area contributed by atoms with Crippen LogP contribution >= 0.6 is 0 Å². The molecule has 0 bridgehead atoms. The molecule has 7 heteroatoms. The van der Waals surface area contributed by atoms with Crippen molar-refractivity contribution in [1.29, 1.82) is 0 Å². The number of nitro groups is 1. The highest BCUT2D eigenvalue weighted by atomic mass is 16.6. The van der Waals surface area contributed by atoms with Crippen molar-refractivity contribution in [2.24, 2.45) is 0 Å². The Morgan fingerprint density at radius 2 is 2.14 bits per heavy atom. The molecule has 1 unspecified atom stereocenters. The van der Waals surface area contributed by atoms with E-state index in [4.69, 9.17) is 5.11 Å². The van der Waals surface area contributed by atoms with Gasteiger partial charge in [0, 0.05) is 30.3 Å². The number of aliphatic carboxylic acids is 1. The van der Waals surface area contributed by atoms with Crippen LogP contribution in [0.3, 0.4) is 0 Å². The maximum absolute atomic E-state index is 12.5. The Balaban J connectivity index is 2.22. The van der Waals surface area contributed by atoms with Crippen molar-refractivity contribution in [3.05, 3.63) is 39.9 Å². The molecule has 0 aromatic heterocycles. The largest absolute Gasteiger partial charge is 0.481 e. The van der Waals surface area contributed by atoms with E-state index in [0.29, 0.717) is 13.0 Å². The van der Waals surface area contributed by atoms with Crippen LogP contribution in [0.2, 0.25) is 0 Å². The molecule has 0 radical (unpaired) electrons. The van der Waals surface area contributed by atoms with Crippen LogP contribution < -0.4 is 0 Å². The number of carboxylic acid groups (broad SMARTS) is 1. The first kappa shape index (κ1) is 15.0. The fraction of sp³-hybridized carbons (Fsp3) is 0.429. The lowest BCUT2D eigenvalue weighted by Gasteiger charge is -2.35. The number of carbonyl (C=O) groups is 2. The number of carbonyl (C=O) groups excluding carboxylic acids is 1. The zero-order valence-corrected chi connectivity index (χ0v) is 11.4. The molecule has 0 aliphatic carbocycles. The van der Waals surface area contributed by atoms with Crippen LogP contribution in [0.4, 0.5) is 5.69 Å². The van der Waals surface area contributed by atoms with Gasteiger partial charge in [0.25, 0.3) is 11.6 Å². The summed E-state index contributed by atoms with van der Waals surface area (Å²) in [6.07, 6.45) is 2.25. The summed E-state index contributed by atoms with van der Waals surface area (Å²) in [6, 6.07) is 5.18. The third-order valence-corrected chi connectivity index (χ3v) is 3.60. The third kappa shape index (κ3) is 3.56. The molecule has 1 N–H and O–H groups in total. The Morgan fingerprint density at radius 1 is 1.38 bits per heavy atom. The van der Waals surface area contributed by atoms with Gasteiger partial charge < -0.3 is 10.0 Å². The van der Waals surface area contributed by atoms with Gasteiger partial charge in [-0.05, 0) is 25.3 Å². The number of nitro benzene ring substituents is 1. The topological polar surface area (TPSA) is 101 Å². The molecule has 0 saturated carbocycles. The van der Waals surface area contributed by atoms with Gasteiger partial charge in [-0.3, -0.25) is 19.7 Å². The summed E-state index contributed by atoms with van der Waals surface area (Å²) in [7, 11) is 0. The Hall–Kier alpha value is -2.44. The van der Waals surface area contributed by atoms with Crippen molar-refractivity contribution in [3.8, 4) is 0 Å². The first-order valence-corrected chi connectivity index (χ1v) is 6.76. The van der Waals surface area contributed by atoms with Crippen LogP contribution in [-0.2, 0) is 4.79 Å². The van der Waals surface area contributed by atoms with E-state index < -0.39 is 10.9 Å². The molecule has 2 rings (SSSR count). The molecular formula is C14H16N2O5. The summed E-state index contributed by atoms with van der Waals surface area (Å²) >= 11 is 0. The number of benzene rings is 1. The number of amides is 1. The van der Waals surface area contributed by atoms with Gasteiger partial charge in [0.05, 0.1) is 11.3 Å². The Labute approximate surface area is 121 Å². The van der Waals surface area contributed by atoms with Crippen molar-refractivity contribution in [3.63, 3.8) is 0 Å². The summed E-state index contributed by atoms with van der Waals surface area (Å²) in [6.45, 7) is 0.486. The van der Waals surface area contributed by atoms with Gasteiger partial charge in [-0.1, -0.05) is 6.07 Å². The van der Waals surface area contributed by atoms with E-state index in [1.165, 1.54) is 29.2 Å². The molecule has 1 fully saturated rings. The second-order valence-electron chi connectivity index (χ2n) is 5.05. The number of likely N-dealkylation sites (tertiary alicyclic amines) is 1. The number of hydrogen-bond donors (Lipinski definition) is 1. The van der Waals surface area contributed by atoms with E-state index >= 15 is 0 Å². The minimum absolute atomic E-state index is 0.0966. The predicted molar refractivity (Wildman–Crippen MR) is 74.0 cm³/mol. The molecule has 112 valence electrons. The van der Waals surface area contributed by atoms with E-state index in [9.17, 15) is 19.7 Å². The van der Waals surface area contributed by atoms with E-state index in [0.717, 1.165) is 12.8 Å². The van der Waals surface area contributed by atoms with Gasteiger partial charge in [0.1, 0.15) is 0 Å². The highest BCUT2D eigenvalue weighted by Crippen LogP contribution is 2.23. The third-order valence-electron chi connectivity index (χ3n) is 3.60. The number of rotatable bonds is 4. The molecule has 1 aliphatic rings. The summed E-state index contributed by atoms with van der Waals surface area (Å²) in [5, 5.41) is 19.7. The molecule has 21 heavy (non-hydrogen) atoms. The Kier molecular flexibility index (Phi) is 4.52. The smallest absolute Gasteiger partial charge is 0.305 e. The molecular weight excluding hydrogens is 276 g/mol. The first-order chi connectivity index (χ1) is 9.99. The molecule has 0 spiro atoms. The number of hydrogen-bond acceptors (Lipinski definition) is 4. The average Bonchev–Trinajstić information content (AvgIpc) is 2.46. The predicted octanol–water partition coefficient (Wildman–Crippen LogP) is 2.06. The first-order valence-electron chi connectivity index (χ1n) is 6.76. The minimum atomic E-state index is -0.946. The maximum atomic E-state index is 12.5. The maximum Gasteiger partial charge on any atom is 0.305 e. The normalized spacial score (nSPS) is 18.3. The standard InChI is InChI=1S/C14H16N2O5/c17-13(18)9-11-5-1-2-7-15(11)14(19)10-4-3-6-12(8-10)16(20)21/h3-4,6,8,11H,1-2,5,7,9H2,(H,17,18). The zero-order chi connectivity index (χ0) is 15.4. The fourth-order valence-electron chi connectivity index (χ4n) is 2.60. The highest BCUT2D eigenvalue weighted by molar-refractivity contribution is 5.95. The monoisotopic (exact) mass is 292 g/mol. The summed E-state index contributed by atoms with van der Waals surface area (Å²) in [5.74, 6) is -1.29. The highest BCUT2D eigenvalue weighted by Gasteiger charge is 2.29. The fourth-order valence-corrected chi connectivity index (χ4v) is 2.60. The zero-order valence-electron chi connectivity index (χ0n) is 11.4. The second-order valence-corrected chi connectivity index (χ2v) is 5.05. The Morgan fingerprint density at radius 3 is 2.81 bits per heavy atom. The van der Waals surface area contributed by atoms with Gasteiger partial charge in [-0.15, -0.1) is 0 Å². The van der Waals surface area contributed by atoms with Crippen molar-refractivity contribution in [1.82, 2.24) is 4.90 Å². The molecule has 1 saturated heterocycles. The van der Waals surface area contributed by atoms with E-state index in [1.807, 2.05) is 0 Å². The van der Waals surface area contributed by atoms with Gasteiger partial charge >= 0.3 is 5.97 Å². The average molecular weight is 292 g/mol. The summed E-state index contributed by atoms with van der Waals surface area (Å²) < 4.78 is 0. The number of piperidine rings is 1. The van der Waals surface area contributed by atoms with Gasteiger partial charge in [-0.2, -0.15) is 0 Å². The Bertz CT molecular complexity index is 572. The lowest BCUT2D eigenvalue weighted by molar-refractivity contribution is -0.384. The van der Waals surface area contributed by atoms with Crippen molar-refractivity contribution < 1.29 is 19.6 Å². The van der Waals surface area contributed by atoms with Crippen molar-refractivity contribution in [2.75, 3.05) is 6.54 Å². The molecule has 1 atom stereocenters. The lowest BCUT2D eigenvalue weighted by Crippen LogP contribution is -2.44. The molecule has 1 heterocycles. The molecule has 1 amide bonds. The lowest BCUT2D eigenvalue weighted by atomic mass is 9.98. The van der Waals surface area contributed by atoms with E-state index in [-0.39, 0.29) is 29.6 Å². The van der Waals surface area contributed by atoms with Crippen LogP contribution in [-0.4, -0.2) is 39.4 Å². The number of nitrogens with zero attached hydrogens (tertiary/aromatic N) is 2. The number of carboxylic acids is 1. The van der Waals surface area contributed by atoms with E-state index in [1.54, 1.807) is 0 Å². The van der Waals surface area contributed by atoms with Crippen LogP contribution in [0.5, 0.6) is 0 Å². The van der Waals surface area contributed by atoms with Crippen LogP contribution in [0.1, 0.15) is 36.0 Å². The summed E-state index contributed by atoms with van der Waals surface area (Å²) in [4.78, 5) is 35.1. The summed E-state index contributed by atoms with van der Waals surface area (Å²) in [5.41, 5.74) is 0.0779. The molecule has 7 nitrogen and oxygen atoms in total. The van der Waals surface area contributed by atoms with E-state index in [2.05, 4.69) is 0 Å². The quantitative estimate of drug-likeness (QED) is 0.676. The van der Waals surface area contributed by atoms with Crippen LogP contribution in [0, 0.1) is 10.1 Å². The minimum Gasteiger partial charge on any atom is -0.481 e. The molecule has 1 aromatic rings. The molecule has 1 aliphatic heterocycles. The number of non-ortho nitro benzene ring substituents is 1. The van der Waals surface area contributed by atoms with Gasteiger partial charge in [-0.25, -0.2) is 0 Å². The van der Waals surface area contributed by atoms with Gasteiger partial charge in [0.15, 0.2) is 0 Å². The van der Waals surface area contributed by atoms with Crippen molar-refractivity contribution >= 4 is 17.6 Å². The molecule has 1 aromatic carbocycles. The second kappa shape index (κ2) is 6.34. The van der Waals surface area contributed by atoms with Gasteiger partial charge in [0.2, 0.25) is 0 Å².